The summed E-state index contributed by atoms with van der Waals surface area (Å²) >= 11 is 0. The Bertz CT molecular complexity index is 938. The minimum atomic E-state index is 0.274. The second kappa shape index (κ2) is 7.00. The van der Waals surface area contributed by atoms with Gasteiger partial charge in [0.2, 0.25) is 0 Å². The van der Waals surface area contributed by atoms with Crippen LogP contribution in [0.4, 0.5) is 0 Å². The largest absolute Gasteiger partial charge is 0.453 e. The van der Waals surface area contributed by atoms with E-state index in [1.807, 2.05) is 54.6 Å². The summed E-state index contributed by atoms with van der Waals surface area (Å²) in [7, 11) is 0. The van der Waals surface area contributed by atoms with Crippen LogP contribution in [-0.2, 0) is 0 Å². The van der Waals surface area contributed by atoms with Crippen molar-refractivity contribution in [2.24, 2.45) is 0 Å². The molecule has 0 fully saturated rings. The number of nitriles is 2. The maximum absolute atomic E-state index is 9.11. The van der Waals surface area contributed by atoms with E-state index >= 15 is 0 Å². The molecule has 0 N–H and O–H groups in total. The van der Waals surface area contributed by atoms with Gasteiger partial charge in [0.15, 0.2) is 11.5 Å². The van der Waals surface area contributed by atoms with Gasteiger partial charge in [-0.05, 0) is 42.5 Å². The molecule has 0 amide bonds. The summed E-state index contributed by atoms with van der Waals surface area (Å²) in [5, 5.41) is 18.1. The van der Waals surface area contributed by atoms with Gasteiger partial charge < -0.3 is 9.47 Å². The zero-order valence-electron chi connectivity index (χ0n) is 12.6. The summed E-state index contributed by atoms with van der Waals surface area (Å²) in [5.74, 6) is 2.25. The Balaban J connectivity index is 1.89. The van der Waals surface area contributed by atoms with Crippen molar-refractivity contribution in [1.82, 2.24) is 0 Å². The molecule has 0 saturated heterocycles. The Kier molecular flexibility index (Phi) is 4.42. The molecule has 0 radical (unpaired) electrons. The fraction of sp³-hybridized carbons (Fsp3) is 0. The van der Waals surface area contributed by atoms with Gasteiger partial charge in [-0.15, -0.1) is 0 Å². The molecule has 0 aliphatic carbocycles. The molecule has 24 heavy (non-hydrogen) atoms. The van der Waals surface area contributed by atoms with Gasteiger partial charge in [0, 0.05) is 0 Å². The second-order valence-electron chi connectivity index (χ2n) is 4.89. The van der Waals surface area contributed by atoms with Crippen molar-refractivity contribution in [3.8, 4) is 35.1 Å². The summed E-state index contributed by atoms with van der Waals surface area (Å²) in [6, 6.07) is 25.4. The van der Waals surface area contributed by atoms with Gasteiger partial charge in [-0.25, -0.2) is 0 Å². The normalized spacial score (nSPS) is 9.58. The fourth-order valence-electron chi connectivity index (χ4n) is 2.14. The third-order valence-electron chi connectivity index (χ3n) is 3.28. The highest BCUT2D eigenvalue weighted by molar-refractivity contribution is 5.51. The number of ether oxygens (including phenoxy) is 2. The molecule has 0 unspecified atom stereocenters. The molecule has 114 valence electrons. The molecule has 0 aliphatic rings. The molecule has 0 saturated carbocycles. The predicted molar refractivity (Wildman–Crippen MR) is 88.9 cm³/mol. The van der Waals surface area contributed by atoms with Crippen molar-refractivity contribution in [3.63, 3.8) is 0 Å². The van der Waals surface area contributed by atoms with E-state index in [2.05, 4.69) is 0 Å². The zero-order valence-corrected chi connectivity index (χ0v) is 12.6. The van der Waals surface area contributed by atoms with Crippen LogP contribution in [-0.4, -0.2) is 0 Å². The summed E-state index contributed by atoms with van der Waals surface area (Å²) < 4.78 is 11.7. The van der Waals surface area contributed by atoms with Crippen LogP contribution in [0, 0.1) is 22.7 Å². The molecule has 4 heteroatoms. The zero-order chi connectivity index (χ0) is 16.8. The average Bonchev–Trinajstić information content (AvgIpc) is 2.64. The predicted octanol–water partition coefficient (Wildman–Crippen LogP) is 5.01. The van der Waals surface area contributed by atoms with E-state index in [0.717, 1.165) is 0 Å². The van der Waals surface area contributed by atoms with Crippen LogP contribution in [0.1, 0.15) is 11.1 Å². The highest BCUT2D eigenvalue weighted by Gasteiger charge is 2.09. The van der Waals surface area contributed by atoms with Gasteiger partial charge in [-0.1, -0.05) is 30.3 Å². The molecule has 0 atom stereocenters. The quantitative estimate of drug-likeness (QED) is 0.679. The molecule has 0 heterocycles. The molecule has 3 aromatic rings. The highest BCUT2D eigenvalue weighted by Crippen LogP contribution is 2.34. The molecule has 0 bridgehead atoms. The fourth-order valence-corrected chi connectivity index (χ4v) is 2.14. The molecular formula is C20H12N2O2. The smallest absolute Gasteiger partial charge is 0.169 e. The Hall–Kier alpha value is -3.76. The Morgan fingerprint density at radius 2 is 1.17 bits per heavy atom. The summed E-state index contributed by atoms with van der Waals surface area (Å²) in [4.78, 5) is 0. The Morgan fingerprint density at radius 3 is 1.79 bits per heavy atom. The SMILES string of the molecule is N#Cc1ccc(Oc2ccccc2Oc2ccccc2)cc1C#N. The molecular weight excluding hydrogens is 300 g/mol. The second-order valence-corrected chi connectivity index (χ2v) is 4.89. The lowest BCUT2D eigenvalue weighted by atomic mass is 10.1. The van der Waals surface area contributed by atoms with E-state index in [1.54, 1.807) is 24.3 Å². The van der Waals surface area contributed by atoms with Crippen LogP contribution in [0.5, 0.6) is 23.0 Å². The highest BCUT2D eigenvalue weighted by atomic mass is 16.5. The van der Waals surface area contributed by atoms with Crippen molar-refractivity contribution >= 4 is 0 Å². The molecule has 0 spiro atoms. The number of hydrogen-bond acceptors (Lipinski definition) is 4. The van der Waals surface area contributed by atoms with Crippen molar-refractivity contribution in [1.29, 1.82) is 10.5 Å². The van der Waals surface area contributed by atoms with Crippen molar-refractivity contribution < 1.29 is 9.47 Å². The van der Waals surface area contributed by atoms with E-state index in [4.69, 9.17) is 20.0 Å². The van der Waals surface area contributed by atoms with Gasteiger partial charge in [0.1, 0.15) is 23.6 Å². The average molecular weight is 312 g/mol. The third-order valence-corrected chi connectivity index (χ3v) is 3.28. The van der Waals surface area contributed by atoms with Gasteiger partial charge in [0.25, 0.3) is 0 Å². The number of benzene rings is 3. The maximum atomic E-state index is 9.11. The van der Waals surface area contributed by atoms with Crippen molar-refractivity contribution in [3.05, 3.63) is 83.9 Å². The van der Waals surface area contributed by atoms with Crippen molar-refractivity contribution in [2.45, 2.75) is 0 Å². The number of para-hydroxylation sites is 3. The Labute approximate surface area is 139 Å². The molecule has 3 rings (SSSR count). The lowest BCUT2D eigenvalue weighted by Gasteiger charge is -2.12. The first-order valence-corrected chi connectivity index (χ1v) is 7.24. The minimum Gasteiger partial charge on any atom is -0.453 e. The summed E-state index contributed by atoms with van der Waals surface area (Å²) in [5.41, 5.74) is 0.593. The lowest BCUT2D eigenvalue weighted by Crippen LogP contribution is -1.91. The maximum Gasteiger partial charge on any atom is 0.169 e. The van der Waals surface area contributed by atoms with E-state index in [-0.39, 0.29) is 5.56 Å². The first kappa shape index (κ1) is 15.1. The number of nitrogens with zero attached hydrogens (tertiary/aromatic N) is 2. The standard InChI is InChI=1S/C20H12N2O2/c21-13-15-10-11-18(12-16(15)14-22)24-20-9-5-4-8-19(20)23-17-6-2-1-3-7-17/h1-12H. The van der Waals surface area contributed by atoms with Gasteiger partial charge in [-0.3, -0.25) is 0 Å². The van der Waals surface area contributed by atoms with Crippen molar-refractivity contribution in [2.75, 3.05) is 0 Å². The van der Waals surface area contributed by atoms with Gasteiger partial charge in [0.05, 0.1) is 11.1 Å². The monoisotopic (exact) mass is 312 g/mol. The topological polar surface area (TPSA) is 66.0 Å². The molecule has 0 aromatic heterocycles. The number of rotatable bonds is 4. The van der Waals surface area contributed by atoms with E-state index < -0.39 is 0 Å². The van der Waals surface area contributed by atoms with Crippen LogP contribution < -0.4 is 9.47 Å². The lowest BCUT2D eigenvalue weighted by molar-refractivity contribution is 0.419. The number of hydrogen-bond donors (Lipinski definition) is 0. The third kappa shape index (κ3) is 3.35. The van der Waals surface area contributed by atoms with Crippen LogP contribution in [0.2, 0.25) is 0 Å². The summed E-state index contributed by atoms with van der Waals surface area (Å²) in [6.07, 6.45) is 0. The van der Waals surface area contributed by atoms with E-state index in [1.165, 1.54) is 6.07 Å². The minimum absolute atomic E-state index is 0.274. The van der Waals surface area contributed by atoms with Crippen LogP contribution >= 0.6 is 0 Å². The van der Waals surface area contributed by atoms with Gasteiger partial charge >= 0.3 is 0 Å². The summed E-state index contributed by atoms with van der Waals surface area (Å²) in [6.45, 7) is 0. The Morgan fingerprint density at radius 1 is 0.583 bits per heavy atom. The van der Waals surface area contributed by atoms with Gasteiger partial charge in [-0.2, -0.15) is 10.5 Å². The first-order valence-electron chi connectivity index (χ1n) is 7.24. The molecule has 0 aliphatic heterocycles. The van der Waals surface area contributed by atoms with Crippen LogP contribution in [0.15, 0.2) is 72.8 Å². The molecule has 3 aromatic carbocycles. The van der Waals surface area contributed by atoms with E-state index in [0.29, 0.717) is 28.6 Å². The first-order chi connectivity index (χ1) is 11.8. The molecule has 4 nitrogen and oxygen atoms in total. The van der Waals surface area contributed by atoms with E-state index in [9.17, 15) is 0 Å². The van der Waals surface area contributed by atoms with Crippen LogP contribution in [0.25, 0.3) is 0 Å². The van der Waals surface area contributed by atoms with Crippen LogP contribution in [0.3, 0.4) is 0 Å².